The zero-order valence-corrected chi connectivity index (χ0v) is 17.0. The number of halogens is 1. The Morgan fingerprint density at radius 3 is 2.50 bits per heavy atom. The molecule has 0 unspecified atom stereocenters. The molecule has 1 amide bonds. The number of carbonyl (C=O) groups excluding carboxylic acids is 1. The molecule has 5 nitrogen and oxygen atoms in total. The van der Waals surface area contributed by atoms with E-state index in [0.29, 0.717) is 17.9 Å². The van der Waals surface area contributed by atoms with E-state index in [2.05, 4.69) is 33.1 Å². The Hall–Kier alpha value is -2.35. The summed E-state index contributed by atoms with van der Waals surface area (Å²) in [5, 5.41) is 6.82. The summed E-state index contributed by atoms with van der Waals surface area (Å²) < 4.78 is 12.0. The Bertz CT molecular complexity index is 913. The van der Waals surface area contributed by atoms with Crippen LogP contribution >= 0.6 is 22.6 Å². The van der Waals surface area contributed by atoms with Gasteiger partial charge >= 0.3 is 0 Å². The van der Waals surface area contributed by atoms with Crippen LogP contribution in [0.1, 0.15) is 32.9 Å². The number of carbonyl (C=O) groups is 1. The van der Waals surface area contributed by atoms with Crippen molar-refractivity contribution in [3.8, 4) is 5.75 Å². The number of anilines is 1. The van der Waals surface area contributed by atoms with Gasteiger partial charge in [-0.25, -0.2) is 0 Å². The lowest BCUT2D eigenvalue weighted by molar-refractivity contribution is 0.102. The molecule has 3 rings (SSSR count). The van der Waals surface area contributed by atoms with Gasteiger partial charge in [0.25, 0.3) is 5.91 Å². The maximum absolute atomic E-state index is 12.4. The van der Waals surface area contributed by atoms with Gasteiger partial charge in [0.05, 0.1) is 11.3 Å². The van der Waals surface area contributed by atoms with Gasteiger partial charge < -0.3 is 14.6 Å². The molecule has 26 heavy (non-hydrogen) atoms. The van der Waals surface area contributed by atoms with E-state index in [1.807, 2.05) is 39.0 Å². The lowest BCUT2D eigenvalue weighted by atomic mass is 10.2. The van der Waals surface area contributed by atoms with Crippen LogP contribution in [-0.2, 0) is 6.61 Å². The van der Waals surface area contributed by atoms with Crippen molar-refractivity contribution in [3.63, 3.8) is 0 Å². The van der Waals surface area contributed by atoms with Gasteiger partial charge in [0.1, 0.15) is 18.1 Å². The molecule has 0 saturated heterocycles. The quantitative estimate of drug-likeness (QED) is 0.540. The largest absolute Gasteiger partial charge is 0.489 e. The standard InChI is InChI=1S/C20H19IN2O3/c1-12-4-7-16(10-19(12)21)22-20(24)15-5-8-17(9-6-15)25-11-18-13(2)23-26-14(18)3/h4-10H,11H2,1-3H3,(H,22,24). The van der Waals surface area contributed by atoms with E-state index < -0.39 is 0 Å². The molecule has 1 heterocycles. The van der Waals surface area contributed by atoms with Crippen LogP contribution in [0.2, 0.25) is 0 Å². The first-order chi connectivity index (χ1) is 12.4. The van der Waals surface area contributed by atoms with Crippen molar-refractivity contribution in [2.75, 3.05) is 5.32 Å². The predicted molar refractivity (Wildman–Crippen MR) is 109 cm³/mol. The van der Waals surface area contributed by atoms with Gasteiger partial charge in [-0.05, 0) is 85.3 Å². The maximum atomic E-state index is 12.4. The lowest BCUT2D eigenvalue weighted by Crippen LogP contribution is -2.12. The summed E-state index contributed by atoms with van der Waals surface area (Å²) in [6.07, 6.45) is 0. The Morgan fingerprint density at radius 1 is 1.15 bits per heavy atom. The average molecular weight is 462 g/mol. The molecule has 0 saturated carbocycles. The fraction of sp³-hybridized carbons (Fsp3) is 0.200. The van der Waals surface area contributed by atoms with Crippen molar-refractivity contribution in [2.24, 2.45) is 0 Å². The van der Waals surface area contributed by atoms with Gasteiger partial charge in [-0.2, -0.15) is 0 Å². The van der Waals surface area contributed by atoms with Gasteiger partial charge in [-0.1, -0.05) is 11.2 Å². The van der Waals surface area contributed by atoms with Gasteiger partial charge in [0, 0.05) is 14.8 Å². The molecule has 0 aliphatic rings. The molecule has 0 aliphatic heterocycles. The molecule has 1 aromatic heterocycles. The van der Waals surface area contributed by atoms with Crippen molar-refractivity contribution in [3.05, 3.63) is 74.2 Å². The molecule has 1 N–H and O–H groups in total. The number of benzene rings is 2. The van der Waals surface area contributed by atoms with Crippen LogP contribution in [0.4, 0.5) is 5.69 Å². The summed E-state index contributed by atoms with van der Waals surface area (Å²) in [5.74, 6) is 1.29. The second kappa shape index (κ2) is 7.90. The van der Waals surface area contributed by atoms with Crippen molar-refractivity contribution in [2.45, 2.75) is 27.4 Å². The molecule has 2 aromatic carbocycles. The van der Waals surface area contributed by atoms with E-state index in [1.165, 1.54) is 5.56 Å². The Balaban J connectivity index is 1.63. The Labute approximate surface area is 165 Å². The van der Waals surface area contributed by atoms with E-state index in [4.69, 9.17) is 9.26 Å². The second-order valence-electron chi connectivity index (χ2n) is 6.03. The van der Waals surface area contributed by atoms with Gasteiger partial charge in [-0.15, -0.1) is 0 Å². The van der Waals surface area contributed by atoms with E-state index in [-0.39, 0.29) is 5.91 Å². The molecule has 6 heteroatoms. The average Bonchev–Trinajstić information content (AvgIpc) is 2.95. The number of ether oxygens (including phenoxy) is 1. The topological polar surface area (TPSA) is 64.4 Å². The normalized spacial score (nSPS) is 10.6. The zero-order chi connectivity index (χ0) is 18.7. The van der Waals surface area contributed by atoms with Crippen LogP contribution in [-0.4, -0.2) is 11.1 Å². The zero-order valence-electron chi connectivity index (χ0n) is 14.8. The second-order valence-corrected chi connectivity index (χ2v) is 7.20. The lowest BCUT2D eigenvalue weighted by Gasteiger charge is -2.09. The molecule has 134 valence electrons. The number of nitrogens with zero attached hydrogens (tertiary/aromatic N) is 1. The fourth-order valence-corrected chi connectivity index (χ4v) is 2.96. The Morgan fingerprint density at radius 2 is 1.88 bits per heavy atom. The van der Waals surface area contributed by atoms with Crippen LogP contribution in [0.15, 0.2) is 47.0 Å². The predicted octanol–water partition coefficient (Wildman–Crippen LogP) is 5.04. The molecular formula is C20H19IN2O3. The smallest absolute Gasteiger partial charge is 0.255 e. The van der Waals surface area contributed by atoms with E-state index in [0.717, 1.165) is 26.3 Å². The van der Waals surface area contributed by atoms with Gasteiger partial charge in [0.15, 0.2) is 0 Å². The molecule has 0 radical (unpaired) electrons. The van der Waals surface area contributed by atoms with Crippen LogP contribution < -0.4 is 10.1 Å². The molecule has 0 aliphatic carbocycles. The van der Waals surface area contributed by atoms with Crippen molar-refractivity contribution in [1.29, 1.82) is 0 Å². The molecule has 0 atom stereocenters. The minimum absolute atomic E-state index is 0.151. The van der Waals surface area contributed by atoms with E-state index in [9.17, 15) is 4.79 Å². The number of amides is 1. The summed E-state index contributed by atoms with van der Waals surface area (Å²) in [4.78, 5) is 12.4. The fourth-order valence-electron chi connectivity index (χ4n) is 2.44. The molecule has 0 fully saturated rings. The highest BCUT2D eigenvalue weighted by molar-refractivity contribution is 14.1. The number of hydrogen-bond donors (Lipinski definition) is 1. The molecular weight excluding hydrogens is 443 g/mol. The molecule has 3 aromatic rings. The third kappa shape index (κ3) is 4.24. The minimum atomic E-state index is -0.151. The highest BCUT2D eigenvalue weighted by atomic mass is 127. The molecule has 0 spiro atoms. The number of aryl methyl sites for hydroxylation is 3. The van der Waals surface area contributed by atoms with Crippen LogP contribution in [0, 0.1) is 24.3 Å². The summed E-state index contributed by atoms with van der Waals surface area (Å²) >= 11 is 2.25. The minimum Gasteiger partial charge on any atom is -0.489 e. The summed E-state index contributed by atoms with van der Waals surface area (Å²) in [6, 6.07) is 12.9. The summed E-state index contributed by atoms with van der Waals surface area (Å²) in [7, 11) is 0. The highest BCUT2D eigenvalue weighted by Gasteiger charge is 2.11. The first kappa shape index (κ1) is 18.4. The van der Waals surface area contributed by atoms with Crippen molar-refractivity contribution < 1.29 is 14.1 Å². The number of rotatable bonds is 5. The van der Waals surface area contributed by atoms with Crippen LogP contribution in [0.5, 0.6) is 5.75 Å². The summed E-state index contributed by atoms with van der Waals surface area (Å²) in [5.41, 5.74) is 4.31. The highest BCUT2D eigenvalue weighted by Crippen LogP contribution is 2.20. The number of nitrogens with one attached hydrogen (secondary N) is 1. The van der Waals surface area contributed by atoms with E-state index in [1.54, 1.807) is 24.3 Å². The van der Waals surface area contributed by atoms with Gasteiger partial charge in [0.2, 0.25) is 0 Å². The maximum Gasteiger partial charge on any atom is 0.255 e. The third-order valence-corrected chi connectivity index (χ3v) is 5.27. The first-order valence-electron chi connectivity index (χ1n) is 8.16. The number of hydrogen-bond acceptors (Lipinski definition) is 4. The number of aromatic nitrogens is 1. The first-order valence-corrected chi connectivity index (χ1v) is 9.24. The van der Waals surface area contributed by atoms with Gasteiger partial charge in [-0.3, -0.25) is 4.79 Å². The monoisotopic (exact) mass is 462 g/mol. The van der Waals surface area contributed by atoms with Crippen molar-refractivity contribution >= 4 is 34.2 Å². The molecule has 0 bridgehead atoms. The third-order valence-electron chi connectivity index (χ3n) is 4.11. The summed E-state index contributed by atoms with van der Waals surface area (Å²) in [6.45, 7) is 6.16. The van der Waals surface area contributed by atoms with E-state index >= 15 is 0 Å². The Kier molecular flexibility index (Phi) is 5.61. The van der Waals surface area contributed by atoms with Crippen LogP contribution in [0.25, 0.3) is 0 Å². The SMILES string of the molecule is Cc1ccc(NC(=O)c2ccc(OCc3c(C)noc3C)cc2)cc1I. The van der Waals surface area contributed by atoms with Crippen molar-refractivity contribution in [1.82, 2.24) is 5.16 Å². The van der Waals surface area contributed by atoms with Crippen LogP contribution in [0.3, 0.4) is 0 Å².